The van der Waals surface area contributed by atoms with Crippen molar-refractivity contribution in [1.82, 2.24) is 4.98 Å². The molecule has 192 valence electrons. The number of anilines is 1. The number of benzene rings is 2. The van der Waals surface area contributed by atoms with Crippen LogP contribution in [0.4, 0.5) is 14.5 Å². The van der Waals surface area contributed by atoms with Gasteiger partial charge in [0.2, 0.25) is 0 Å². The lowest BCUT2D eigenvalue weighted by Crippen LogP contribution is -2.31. The summed E-state index contributed by atoms with van der Waals surface area (Å²) in [5, 5.41) is 12.4. The predicted molar refractivity (Wildman–Crippen MR) is 144 cm³/mol. The highest BCUT2D eigenvalue weighted by molar-refractivity contribution is 6.17. The van der Waals surface area contributed by atoms with Crippen LogP contribution in [0.25, 0.3) is 11.6 Å². The van der Waals surface area contributed by atoms with Gasteiger partial charge in [-0.05, 0) is 78.6 Å². The van der Waals surface area contributed by atoms with Gasteiger partial charge < -0.3 is 11.1 Å². The molecule has 2 aromatic carbocycles. The fourth-order valence-electron chi connectivity index (χ4n) is 5.62. The topological polar surface area (TPSA) is 104 Å². The number of aromatic nitrogens is 1. The van der Waals surface area contributed by atoms with Gasteiger partial charge >= 0.3 is 0 Å². The minimum Gasteiger partial charge on any atom is -0.328 e. The van der Waals surface area contributed by atoms with E-state index in [4.69, 9.17) is 5.73 Å². The zero-order valence-electron chi connectivity index (χ0n) is 20.9. The summed E-state index contributed by atoms with van der Waals surface area (Å²) in [5.41, 5.74) is 9.04. The summed E-state index contributed by atoms with van der Waals surface area (Å²) in [6.45, 7) is 2.20. The van der Waals surface area contributed by atoms with Crippen LogP contribution in [-0.2, 0) is 6.54 Å². The van der Waals surface area contributed by atoms with Crippen LogP contribution in [-0.4, -0.2) is 23.1 Å². The molecule has 0 bridgehead atoms. The second kappa shape index (κ2) is 10.6. The average Bonchev–Trinajstić information content (AvgIpc) is 3.12. The molecule has 0 saturated heterocycles. The number of aliphatic imine (C=N–C) groups is 1. The Hall–Kier alpha value is -4.22. The van der Waals surface area contributed by atoms with Gasteiger partial charge in [-0.1, -0.05) is 13.0 Å². The molecule has 2 heterocycles. The predicted octanol–water partition coefficient (Wildman–Crippen LogP) is 5.84. The van der Waals surface area contributed by atoms with Crippen LogP contribution in [0.5, 0.6) is 0 Å². The molecular formula is C30H27F2N5O. The molecule has 8 heteroatoms. The Balaban J connectivity index is 1.51. The lowest BCUT2D eigenvalue weighted by Gasteiger charge is -2.32. The van der Waals surface area contributed by atoms with E-state index >= 15 is 4.39 Å². The van der Waals surface area contributed by atoms with Gasteiger partial charge in [-0.15, -0.1) is 0 Å². The second-order valence-corrected chi connectivity index (χ2v) is 10.0. The molecule has 38 heavy (non-hydrogen) atoms. The van der Waals surface area contributed by atoms with E-state index in [2.05, 4.69) is 22.2 Å². The number of amides is 1. The van der Waals surface area contributed by atoms with Crippen LogP contribution in [0.3, 0.4) is 0 Å². The molecule has 1 aliphatic carbocycles. The SMILES string of the molecule is C[C@@H]1C[C@H](N)C[C@H](c2ccncc2NC(=O)c2ccc(F)c3c2CN=CC(c2c(F)cccc2C#N)=C3)C1. The number of nitrogens with one attached hydrogen (secondary N) is 1. The molecule has 1 aromatic heterocycles. The van der Waals surface area contributed by atoms with Crippen molar-refractivity contribution in [3.05, 3.63) is 93.8 Å². The fraction of sp³-hybridized carbons (Fsp3) is 0.267. The van der Waals surface area contributed by atoms with Crippen LogP contribution in [0, 0.1) is 28.9 Å². The third kappa shape index (κ3) is 4.98. The average molecular weight is 512 g/mol. The molecule has 1 aliphatic heterocycles. The van der Waals surface area contributed by atoms with Crippen LogP contribution >= 0.6 is 0 Å². The van der Waals surface area contributed by atoms with E-state index in [0.717, 1.165) is 24.8 Å². The van der Waals surface area contributed by atoms with Gasteiger partial charge in [0.15, 0.2) is 0 Å². The Labute approximate surface area is 219 Å². The highest BCUT2D eigenvalue weighted by Gasteiger charge is 2.28. The van der Waals surface area contributed by atoms with Crippen molar-refractivity contribution in [3.8, 4) is 6.07 Å². The number of hydrogen-bond donors (Lipinski definition) is 2. The number of nitrogens with zero attached hydrogens (tertiary/aromatic N) is 3. The second-order valence-electron chi connectivity index (χ2n) is 10.0. The fourth-order valence-corrected chi connectivity index (χ4v) is 5.62. The maximum Gasteiger partial charge on any atom is 0.256 e. The normalized spacial score (nSPS) is 20.6. The standard InChI is InChI=1S/C30H27F2N5O/c1-17-9-19(11-21(34)10-17)22-7-8-35-16-28(22)37-30(38)23-5-6-26(31)24-12-20(14-36-15-25(23)24)29-18(13-33)3-2-4-27(29)32/h2-8,12,14,16-17,19,21H,9-11,15,34H2,1H3,(H,37,38)/t17-,19+,21-/m0/s1. The van der Waals surface area contributed by atoms with Crippen molar-refractivity contribution in [2.24, 2.45) is 16.6 Å². The molecule has 6 nitrogen and oxygen atoms in total. The van der Waals surface area contributed by atoms with Crippen molar-refractivity contribution in [3.63, 3.8) is 0 Å². The summed E-state index contributed by atoms with van der Waals surface area (Å²) in [5.74, 6) is -0.924. The molecule has 3 atom stereocenters. The van der Waals surface area contributed by atoms with Crippen molar-refractivity contribution in [2.45, 2.75) is 44.7 Å². The summed E-state index contributed by atoms with van der Waals surface area (Å²) in [4.78, 5) is 22.1. The van der Waals surface area contributed by atoms with E-state index in [1.54, 1.807) is 12.4 Å². The third-order valence-corrected chi connectivity index (χ3v) is 7.27. The lowest BCUT2D eigenvalue weighted by atomic mass is 9.76. The number of nitrogens with two attached hydrogens (primary N) is 1. The Morgan fingerprint density at radius 2 is 1.97 bits per heavy atom. The van der Waals surface area contributed by atoms with Gasteiger partial charge in [-0.25, -0.2) is 8.78 Å². The molecule has 3 aromatic rings. The summed E-state index contributed by atoms with van der Waals surface area (Å²) >= 11 is 0. The Morgan fingerprint density at radius 1 is 1.13 bits per heavy atom. The Bertz CT molecular complexity index is 1500. The van der Waals surface area contributed by atoms with Crippen molar-refractivity contribution in [2.75, 3.05) is 5.32 Å². The van der Waals surface area contributed by atoms with Crippen LogP contribution in [0.2, 0.25) is 0 Å². The number of hydrogen-bond acceptors (Lipinski definition) is 5. The third-order valence-electron chi connectivity index (χ3n) is 7.27. The van der Waals surface area contributed by atoms with E-state index in [0.29, 0.717) is 17.2 Å². The van der Waals surface area contributed by atoms with Gasteiger partial charge in [-0.3, -0.25) is 14.8 Å². The highest BCUT2D eigenvalue weighted by Crippen LogP contribution is 2.38. The van der Waals surface area contributed by atoms with Gasteiger partial charge in [0.1, 0.15) is 11.6 Å². The molecule has 1 amide bonds. The first-order valence-electron chi connectivity index (χ1n) is 12.6. The van der Waals surface area contributed by atoms with Crippen molar-refractivity contribution in [1.29, 1.82) is 5.26 Å². The molecule has 3 N–H and O–H groups in total. The number of pyridine rings is 1. The number of halogens is 2. The molecular weight excluding hydrogens is 484 g/mol. The maximum absolute atomic E-state index is 15.1. The summed E-state index contributed by atoms with van der Waals surface area (Å²) in [7, 11) is 0. The smallest absolute Gasteiger partial charge is 0.256 e. The van der Waals surface area contributed by atoms with Crippen molar-refractivity contribution < 1.29 is 13.6 Å². The molecule has 2 aliphatic rings. The quantitative estimate of drug-likeness (QED) is 0.459. The number of nitriles is 1. The van der Waals surface area contributed by atoms with E-state index in [1.807, 2.05) is 12.1 Å². The van der Waals surface area contributed by atoms with Crippen molar-refractivity contribution >= 4 is 29.5 Å². The van der Waals surface area contributed by atoms with E-state index in [1.165, 1.54) is 42.6 Å². The van der Waals surface area contributed by atoms with Crippen LogP contribution < -0.4 is 11.1 Å². The summed E-state index contributed by atoms with van der Waals surface area (Å²) < 4.78 is 29.8. The summed E-state index contributed by atoms with van der Waals surface area (Å²) in [6, 6.07) is 10.8. The lowest BCUT2D eigenvalue weighted by molar-refractivity contribution is 0.102. The highest BCUT2D eigenvalue weighted by atomic mass is 19.1. The maximum atomic E-state index is 15.1. The largest absolute Gasteiger partial charge is 0.328 e. The van der Waals surface area contributed by atoms with Gasteiger partial charge in [0.25, 0.3) is 5.91 Å². The monoisotopic (exact) mass is 511 g/mol. The van der Waals surface area contributed by atoms with E-state index in [9.17, 15) is 14.4 Å². The number of allylic oxidation sites excluding steroid dienone is 1. The zero-order valence-corrected chi connectivity index (χ0v) is 20.9. The zero-order chi connectivity index (χ0) is 26.8. The van der Waals surface area contributed by atoms with Gasteiger partial charge in [0, 0.05) is 40.7 Å². The molecule has 0 radical (unpaired) electrons. The van der Waals surface area contributed by atoms with Gasteiger partial charge in [0.05, 0.1) is 30.1 Å². The van der Waals surface area contributed by atoms with E-state index < -0.39 is 17.5 Å². The van der Waals surface area contributed by atoms with Crippen LogP contribution in [0.1, 0.15) is 70.3 Å². The van der Waals surface area contributed by atoms with Gasteiger partial charge in [-0.2, -0.15) is 5.26 Å². The molecule has 0 spiro atoms. The number of fused-ring (bicyclic) bond motifs is 1. The first kappa shape index (κ1) is 25.4. The number of carbonyl (C=O) groups excluding carboxylic acids is 1. The minimum atomic E-state index is -0.611. The first-order valence-corrected chi connectivity index (χ1v) is 12.6. The first-order chi connectivity index (χ1) is 18.4. The Morgan fingerprint density at radius 3 is 2.76 bits per heavy atom. The van der Waals surface area contributed by atoms with Crippen LogP contribution in [0.15, 0.2) is 53.8 Å². The number of rotatable bonds is 4. The van der Waals surface area contributed by atoms with E-state index in [-0.39, 0.29) is 46.3 Å². The molecule has 1 saturated carbocycles. The molecule has 5 rings (SSSR count). The summed E-state index contributed by atoms with van der Waals surface area (Å²) in [6.07, 6.45) is 8.95. The minimum absolute atomic E-state index is 0.0150. The Kier molecular flexibility index (Phi) is 7.12. The molecule has 0 unspecified atom stereocenters. The molecule has 1 fully saturated rings. The number of carbonyl (C=O) groups is 1.